The molecule has 0 unspecified atom stereocenters. The highest BCUT2D eigenvalue weighted by atomic mass is 19.3. The van der Waals surface area contributed by atoms with Crippen LogP contribution in [0.5, 0.6) is 5.75 Å². The lowest BCUT2D eigenvalue weighted by molar-refractivity contribution is -0.224. The molecule has 1 nitrogen and oxygen atoms in total. The summed E-state index contributed by atoms with van der Waals surface area (Å²) in [6, 6.07) is 1.68. The summed E-state index contributed by atoms with van der Waals surface area (Å²) in [4.78, 5) is 0. The molecule has 1 aromatic rings. The van der Waals surface area contributed by atoms with E-state index in [4.69, 9.17) is 4.74 Å². The highest BCUT2D eigenvalue weighted by Gasteiger charge is 2.45. The van der Waals surface area contributed by atoms with E-state index in [0.717, 1.165) is 30.9 Å². The zero-order valence-corrected chi connectivity index (χ0v) is 18.1. The minimum atomic E-state index is -3.43. The van der Waals surface area contributed by atoms with E-state index in [0.29, 0.717) is 24.7 Å². The van der Waals surface area contributed by atoms with Gasteiger partial charge in [0, 0.05) is 17.7 Å². The highest BCUT2D eigenvalue weighted by molar-refractivity contribution is 5.52. The van der Waals surface area contributed by atoms with Gasteiger partial charge in [-0.25, -0.2) is 8.78 Å². The fourth-order valence-electron chi connectivity index (χ4n) is 5.47. The van der Waals surface area contributed by atoms with E-state index in [-0.39, 0.29) is 5.56 Å². The summed E-state index contributed by atoms with van der Waals surface area (Å²) in [5.41, 5.74) is -0.248. The summed E-state index contributed by atoms with van der Waals surface area (Å²) in [5, 5.41) is 0. The Morgan fingerprint density at radius 3 is 1.97 bits per heavy atom. The van der Waals surface area contributed by atoms with Gasteiger partial charge in [-0.15, -0.1) is 0 Å². The molecule has 1 aromatic carbocycles. The maximum Gasteiger partial charge on any atom is 0.400 e. The Labute approximate surface area is 177 Å². The molecular formula is C25H34F4O. The third kappa shape index (κ3) is 5.59. The third-order valence-electron chi connectivity index (χ3n) is 7.14. The van der Waals surface area contributed by atoms with E-state index in [9.17, 15) is 17.6 Å². The van der Waals surface area contributed by atoms with E-state index < -0.39 is 29.4 Å². The minimum absolute atomic E-state index is 0.248. The van der Waals surface area contributed by atoms with Gasteiger partial charge in [0.15, 0.2) is 0 Å². The Balaban J connectivity index is 1.55. The molecule has 5 heteroatoms. The van der Waals surface area contributed by atoms with E-state index in [1.165, 1.54) is 50.7 Å². The van der Waals surface area contributed by atoms with Gasteiger partial charge in [0.2, 0.25) is 0 Å². The van der Waals surface area contributed by atoms with Crippen LogP contribution in [0.1, 0.15) is 83.6 Å². The van der Waals surface area contributed by atoms with Crippen molar-refractivity contribution in [3.63, 3.8) is 0 Å². The molecular weight excluding hydrogens is 392 g/mol. The van der Waals surface area contributed by atoms with Crippen LogP contribution in [0.2, 0.25) is 0 Å². The average molecular weight is 427 g/mol. The lowest BCUT2D eigenvalue weighted by Crippen LogP contribution is -2.38. The van der Waals surface area contributed by atoms with Crippen molar-refractivity contribution in [2.75, 3.05) is 0 Å². The van der Waals surface area contributed by atoms with Crippen LogP contribution >= 0.6 is 0 Å². The van der Waals surface area contributed by atoms with Crippen LogP contribution in [0.15, 0.2) is 18.2 Å². The third-order valence-corrected chi connectivity index (χ3v) is 7.14. The smallest absolute Gasteiger partial charge is 0.400 e. The molecule has 3 rings (SSSR count). The molecule has 0 amide bonds. The van der Waals surface area contributed by atoms with E-state index in [2.05, 4.69) is 6.92 Å². The molecule has 0 atom stereocenters. The summed E-state index contributed by atoms with van der Waals surface area (Å²) in [5.74, 6) is -1.14. The van der Waals surface area contributed by atoms with Crippen molar-refractivity contribution in [3.8, 4) is 5.75 Å². The molecule has 2 fully saturated rings. The van der Waals surface area contributed by atoms with Gasteiger partial charge in [0.1, 0.15) is 17.4 Å². The SMILES string of the molecule is C/C=C/c1c(F)cc(OC(F)(F)C2CCC(C3CCC(CCC)CC3)CC2)cc1F. The normalized spacial score (nSPS) is 28.1. The van der Waals surface area contributed by atoms with Crippen LogP contribution in [0.3, 0.4) is 0 Å². The molecule has 30 heavy (non-hydrogen) atoms. The molecule has 0 spiro atoms. The number of ether oxygens (including phenoxy) is 1. The lowest BCUT2D eigenvalue weighted by atomic mass is 9.68. The van der Waals surface area contributed by atoms with Crippen molar-refractivity contribution in [1.82, 2.24) is 0 Å². The molecule has 2 saturated carbocycles. The molecule has 0 saturated heterocycles. The molecule has 0 bridgehead atoms. The maximum absolute atomic E-state index is 14.7. The standard InChI is InChI=1S/C25H34F4O/c1-3-5-17-7-9-18(10-8-17)19-11-13-20(14-12-19)25(28,29)30-21-15-23(26)22(6-4-2)24(27)16-21/h4,6,15-20H,3,5,7-14H2,1-2H3/b6-4+. The Morgan fingerprint density at radius 2 is 1.47 bits per heavy atom. The van der Waals surface area contributed by atoms with Crippen LogP contribution in [0.25, 0.3) is 6.08 Å². The van der Waals surface area contributed by atoms with E-state index in [1.54, 1.807) is 6.92 Å². The first-order valence-corrected chi connectivity index (χ1v) is 11.5. The number of hydrogen-bond donors (Lipinski definition) is 0. The van der Waals surface area contributed by atoms with Gasteiger partial charge in [-0.2, -0.15) is 8.78 Å². The monoisotopic (exact) mass is 426 g/mol. The zero-order chi connectivity index (χ0) is 21.7. The quantitative estimate of drug-likeness (QED) is 0.398. The van der Waals surface area contributed by atoms with Crippen LogP contribution < -0.4 is 4.74 Å². The minimum Gasteiger partial charge on any atom is -0.432 e. The first-order valence-electron chi connectivity index (χ1n) is 11.5. The number of rotatable bonds is 7. The van der Waals surface area contributed by atoms with Gasteiger partial charge in [-0.05, 0) is 63.2 Å². The predicted molar refractivity (Wildman–Crippen MR) is 112 cm³/mol. The van der Waals surface area contributed by atoms with Crippen LogP contribution in [0, 0.1) is 35.3 Å². The zero-order valence-electron chi connectivity index (χ0n) is 18.1. The molecule has 0 N–H and O–H groups in total. The van der Waals surface area contributed by atoms with Crippen molar-refractivity contribution >= 4 is 6.08 Å². The van der Waals surface area contributed by atoms with E-state index >= 15 is 0 Å². The van der Waals surface area contributed by atoms with Crippen LogP contribution in [0.4, 0.5) is 17.6 Å². The molecule has 0 aliphatic heterocycles. The second-order valence-electron chi connectivity index (χ2n) is 9.15. The summed E-state index contributed by atoms with van der Waals surface area (Å²) in [7, 11) is 0. The van der Waals surface area contributed by atoms with Crippen molar-refractivity contribution < 1.29 is 22.3 Å². The molecule has 2 aliphatic rings. The number of hydrogen-bond acceptors (Lipinski definition) is 1. The van der Waals surface area contributed by atoms with Crippen LogP contribution in [-0.2, 0) is 0 Å². The van der Waals surface area contributed by atoms with Crippen molar-refractivity contribution in [1.29, 1.82) is 0 Å². The largest absolute Gasteiger partial charge is 0.432 e. The van der Waals surface area contributed by atoms with E-state index in [1.807, 2.05) is 0 Å². The van der Waals surface area contributed by atoms with Gasteiger partial charge >= 0.3 is 6.11 Å². The van der Waals surface area contributed by atoms with Gasteiger partial charge in [-0.1, -0.05) is 44.8 Å². The van der Waals surface area contributed by atoms with Crippen molar-refractivity contribution in [2.24, 2.45) is 23.7 Å². The summed E-state index contributed by atoms with van der Waals surface area (Å²) < 4.78 is 62.3. The molecule has 2 aliphatic carbocycles. The van der Waals surface area contributed by atoms with Crippen molar-refractivity contribution in [3.05, 3.63) is 35.4 Å². The Kier molecular flexibility index (Phi) is 7.86. The average Bonchev–Trinajstić information content (AvgIpc) is 2.71. The first kappa shape index (κ1) is 23.1. The Hall–Kier alpha value is -1.52. The topological polar surface area (TPSA) is 9.23 Å². The number of allylic oxidation sites excluding steroid dienone is 1. The Morgan fingerprint density at radius 1 is 0.933 bits per heavy atom. The van der Waals surface area contributed by atoms with Crippen LogP contribution in [-0.4, -0.2) is 6.11 Å². The van der Waals surface area contributed by atoms with Crippen molar-refractivity contribution in [2.45, 2.75) is 84.2 Å². The number of benzene rings is 1. The molecule has 0 heterocycles. The van der Waals surface area contributed by atoms with Gasteiger partial charge < -0.3 is 4.74 Å². The first-order chi connectivity index (χ1) is 14.3. The second-order valence-corrected chi connectivity index (χ2v) is 9.15. The molecule has 0 radical (unpaired) electrons. The fourth-order valence-corrected chi connectivity index (χ4v) is 5.47. The summed E-state index contributed by atoms with van der Waals surface area (Å²) in [6.45, 7) is 3.86. The maximum atomic E-state index is 14.7. The number of alkyl halides is 2. The fraction of sp³-hybridized carbons (Fsp3) is 0.680. The van der Waals surface area contributed by atoms with Gasteiger partial charge in [0.05, 0.1) is 5.92 Å². The second kappa shape index (κ2) is 10.2. The van der Waals surface area contributed by atoms with Gasteiger partial charge in [0.25, 0.3) is 0 Å². The lowest BCUT2D eigenvalue weighted by Gasteiger charge is -2.39. The Bertz CT molecular complexity index is 691. The summed E-state index contributed by atoms with van der Waals surface area (Å²) >= 11 is 0. The van der Waals surface area contributed by atoms with Gasteiger partial charge in [-0.3, -0.25) is 0 Å². The highest BCUT2D eigenvalue weighted by Crippen LogP contribution is 2.46. The summed E-state index contributed by atoms with van der Waals surface area (Å²) in [6.07, 6.45) is 9.25. The molecule has 0 aromatic heterocycles. The predicted octanol–water partition coefficient (Wildman–Crippen LogP) is 8.38. The molecule has 168 valence electrons. The number of halogens is 4.